The Labute approximate surface area is 106 Å². The first kappa shape index (κ1) is 12.5. The molecule has 2 heterocycles. The van der Waals surface area contributed by atoms with Gasteiger partial charge in [-0.2, -0.15) is 0 Å². The van der Waals surface area contributed by atoms with Gasteiger partial charge in [0.25, 0.3) is 0 Å². The lowest BCUT2D eigenvalue weighted by Crippen LogP contribution is -2.45. The van der Waals surface area contributed by atoms with Gasteiger partial charge in [0.2, 0.25) is 5.91 Å². The van der Waals surface area contributed by atoms with Gasteiger partial charge in [0.15, 0.2) is 5.13 Å². The summed E-state index contributed by atoms with van der Waals surface area (Å²) in [6.07, 6.45) is 4.08. The van der Waals surface area contributed by atoms with E-state index in [1.807, 2.05) is 12.3 Å². The number of carbonyl (C=O) groups is 1. The molecule has 2 rings (SSSR count). The largest absolute Gasteiger partial charge is 0.301 e. The van der Waals surface area contributed by atoms with Crippen molar-refractivity contribution in [1.82, 2.24) is 9.88 Å². The predicted octanol–water partition coefficient (Wildman–Crippen LogP) is 2.20. The number of nitrogens with one attached hydrogen (secondary N) is 1. The molecule has 1 fully saturated rings. The van der Waals surface area contributed by atoms with E-state index < -0.39 is 0 Å². The van der Waals surface area contributed by atoms with Crippen molar-refractivity contribution in [3.05, 3.63) is 11.6 Å². The molecule has 0 bridgehead atoms. The first-order valence-electron chi connectivity index (χ1n) is 6.11. The fourth-order valence-corrected chi connectivity index (χ4v) is 2.61. The van der Waals surface area contributed by atoms with Crippen LogP contribution in [0.5, 0.6) is 0 Å². The number of nitrogens with zero attached hydrogens (tertiary/aromatic N) is 2. The zero-order valence-electron chi connectivity index (χ0n) is 10.3. The van der Waals surface area contributed by atoms with Gasteiger partial charge in [-0.25, -0.2) is 4.98 Å². The van der Waals surface area contributed by atoms with Crippen molar-refractivity contribution >= 4 is 22.4 Å². The number of likely N-dealkylation sites (tertiary alicyclic amines) is 1. The van der Waals surface area contributed by atoms with E-state index in [1.165, 1.54) is 24.2 Å². The Bertz CT molecular complexity index is 358. The second kappa shape index (κ2) is 5.60. The smallest absolute Gasteiger partial charge is 0.243 e. The lowest BCUT2D eigenvalue weighted by atomic mass is 9.98. The monoisotopic (exact) mass is 253 g/mol. The third-order valence-corrected chi connectivity index (χ3v) is 4.10. The van der Waals surface area contributed by atoms with E-state index in [4.69, 9.17) is 0 Å². The van der Waals surface area contributed by atoms with Gasteiger partial charge in [0.05, 0.1) is 6.04 Å². The van der Waals surface area contributed by atoms with Crippen LogP contribution in [0.3, 0.4) is 0 Å². The molecule has 1 N–H and O–H groups in total. The van der Waals surface area contributed by atoms with Crippen LogP contribution in [-0.4, -0.2) is 34.9 Å². The summed E-state index contributed by atoms with van der Waals surface area (Å²) >= 11 is 1.45. The van der Waals surface area contributed by atoms with Crippen molar-refractivity contribution < 1.29 is 4.79 Å². The van der Waals surface area contributed by atoms with Gasteiger partial charge >= 0.3 is 0 Å². The fourth-order valence-electron chi connectivity index (χ4n) is 2.08. The number of anilines is 1. The Kier molecular flexibility index (Phi) is 4.12. The van der Waals surface area contributed by atoms with Gasteiger partial charge < -0.3 is 5.32 Å². The average molecular weight is 253 g/mol. The van der Waals surface area contributed by atoms with Crippen molar-refractivity contribution in [2.24, 2.45) is 5.92 Å². The average Bonchev–Trinajstić information content (AvgIpc) is 2.82. The van der Waals surface area contributed by atoms with Crippen LogP contribution in [0.2, 0.25) is 0 Å². The highest BCUT2D eigenvalue weighted by molar-refractivity contribution is 7.13. The molecule has 1 unspecified atom stereocenters. The van der Waals surface area contributed by atoms with Crippen molar-refractivity contribution in [2.75, 3.05) is 18.4 Å². The van der Waals surface area contributed by atoms with Gasteiger partial charge in [-0.15, -0.1) is 11.3 Å². The SMILES string of the molecule is CC1CCN(C(C)C(=O)Nc2nccs2)CC1. The van der Waals surface area contributed by atoms with Crippen LogP contribution in [0.1, 0.15) is 26.7 Å². The number of aromatic nitrogens is 1. The second-order valence-corrected chi connectivity index (χ2v) is 5.62. The normalized spacial score (nSPS) is 20.1. The first-order chi connectivity index (χ1) is 8.16. The third kappa shape index (κ3) is 3.26. The van der Waals surface area contributed by atoms with Crippen LogP contribution >= 0.6 is 11.3 Å². The summed E-state index contributed by atoms with van der Waals surface area (Å²) in [7, 11) is 0. The molecule has 4 nitrogen and oxygen atoms in total. The lowest BCUT2D eigenvalue weighted by molar-refractivity contribution is -0.121. The summed E-state index contributed by atoms with van der Waals surface area (Å²) in [4.78, 5) is 18.3. The van der Waals surface area contributed by atoms with Gasteiger partial charge in [-0.3, -0.25) is 9.69 Å². The van der Waals surface area contributed by atoms with E-state index in [1.54, 1.807) is 6.20 Å². The number of amides is 1. The highest BCUT2D eigenvalue weighted by atomic mass is 32.1. The van der Waals surface area contributed by atoms with Crippen molar-refractivity contribution in [3.63, 3.8) is 0 Å². The fraction of sp³-hybridized carbons (Fsp3) is 0.667. The summed E-state index contributed by atoms with van der Waals surface area (Å²) in [5.74, 6) is 0.843. The maximum atomic E-state index is 12.0. The van der Waals surface area contributed by atoms with Gasteiger partial charge in [0.1, 0.15) is 0 Å². The van der Waals surface area contributed by atoms with Crippen LogP contribution in [-0.2, 0) is 4.79 Å². The lowest BCUT2D eigenvalue weighted by Gasteiger charge is -2.33. The molecule has 17 heavy (non-hydrogen) atoms. The summed E-state index contributed by atoms with van der Waals surface area (Å²) < 4.78 is 0. The standard InChI is InChI=1S/C12H19N3OS/c1-9-3-6-15(7-4-9)10(2)11(16)14-12-13-5-8-17-12/h5,8-10H,3-4,6-7H2,1-2H3,(H,13,14,16). The van der Waals surface area contributed by atoms with E-state index >= 15 is 0 Å². The highest BCUT2D eigenvalue weighted by Gasteiger charge is 2.25. The molecular formula is C12H19N3OS. The predicted molar refractivity (Wildman–Crippen MR) is 70.2 cm³/mol. The molecule has 1 aliphatic rings. The number of carbonyl (C=O) groups excluding carboxylic acids is 1. The molecule has 0 saturated carbocycles. The third-order valence-electron chi connectivity index (χ3n) is 3.41. The molecule has 0 spiro atoms. The van der Waals surface area contributed by atoms with E-state index in [2.05, 4.69) is 22.1 Å². The number of hydrogen-bond donors (Lipinski definition) is 1. The van der Waals surface area contributed by atoms with Gasteiger partial charge in [-0.1, -0.05) is 6.92 Å². The first-order valence-corrected chi connectivity index (χ1v) is 6.99. The molecule has 1 aromatic heterocycles. The number of thiazole rings is 1. The number of piperidine rings is 1. The maximum absolute atomic E-state index is 12.0. The van der Waals surface area contributed by atoms with Crippen LogP contribution in [0.15, 0.2) is 11.6 Å². The minimum Gasteiger partial charge on any atom is -0.301 e. The maximum Gasteiger partial charge on any atom is 0.243 e. The number of hydrogen-bond acceptors (Lipinski definition) is 4. The molecule has 1 amide bonds. The van der Waals surface area contributed by atoms with Crippen LogP contribution < -0.4 is 5.32 Å². The second-order valence-electron chi connectivity index (χ2n) is 4.72. The Morgan fingerprint density at radius 1 is 1.59 bits per heavy atom. The quantitative estimate of drug-likeness (QED) is 0.898. The Hall–Kier alpha value is -0.940. The van der Waals surface area contributed by atoms with Crippen molar-refractivity contribution in [3.8, 4) is 0 Å². The Morgan fingerprint density at radius 3 is 2.88 bits per heavy atom. The van der Waals surface area contributed by atoms with Crippen molar-refractivity contribution in [2.45, 2.75) is 32.7 Å². The molecule has 1 aliphatic heterocycles. The minimum atomic E-state index is -0.0635. The molecule has 0 aromatic carbocycles. The van der Waals surface area contributed by atoms with E-state index in [-0.39, 0.29) is 11.9 Å². The zero-order valence-corrected chi connectivity index (χ0v) is 11.2. The number of rotatable bonds is 3. The molecule has 5 heteroatoms. The molecule has 0 aliphatic carbocycles. The van der Waals surface area contributed by atoms with E-state index in [0.29, 0.717) is 5.13 Å². The molecule has 1 atom stereocenters. The topological polar surface area (TPSA) is 45.2 Å². The highest BCUT2D eigenvalue weighted by Crippen LogP contribution is 2.19. The molecule has 1 aromatic rings. The van der Waals surface area contributed by atoms with Crippen LogP contribution in [0, 0.1) is 5.92 Å². The van der Waals surface area contributed by atoms with E-state index in [9.17, 15) is 4.79 Å². The van der Waals surface area contributed by atoms with E-state index in [0.717, 1.165) is 19.0 Å². The van der Waals surface area contributed by atoms with Crippen LogP contribution in [0.25, 0.3) is 0 Å². The summed E-state index contributed by atoms with van der Waals surface area (Å²) in [5, 5.41) is 5.41. The molecule has 94 valence electrons. The summed E-state index contributed by atoms with van der Waals surface area (Å²) in [6.45, 7) is 6.29. The Morgan fingerprint density at radius 2 is 2.29 bits per heavy atom. The zero-order chi connectivity index (χ0) is 12.3. The summed E-state index contributed by atoms with van der Waals surface area (Å²) in [6, 6.07) is -0.0635. The van der Waals surface area contributed by atoms with Crippen molar-refractivity contribution in [1.29, 1.82) is 0 Å². The van der Waals surface area contributed by atoms with Gasteiger partial charge in [-0.05, 0) is 38.8 Å². The molecule has 0 radical (unpaired) electrons. The molecular weight excluding hydrogens is 234 g/mol. The van der Waals surface area contributed by atoms with Crippen LogP contribution in [0.4, 0.5) is 5.13 Å². The Balaban J connectivity index is 1.86. The van der Waals surface area contributed by atoms with Gasteiger partial charge in [0, 0.05) is 11.6 Å². The summed E-state index contributed by atoms with van der Waals surface area (Å²) in [5.41, 5.74) is 0. The molecule has 1 saturated heterocycles. The minimum absolute atomic E-state index is 0.0505.